The number of benzene rings is 1. The monoisotopic (exact) mass is 402 g/mol. The van der Waals surface area contributed by atoms with E-state index in [0.717, 1.165) is 37.7 Å². The topological polar surface area (TPSA) is 72.2 Å². The zero-order valence-electron chi connectivity index (χ0n) is 16.8. The molecule has 1 aromatic heterocycles. The number of hydrogen-bond acceptors (Lipinski definition) is 4. The van der Waals surface area contributed by atoms with Gasteiger partial charge in [0.15, 0.2) is 0 Å². The highest BCUT2D eigenvalue weighted by molar-refractivity contribution is 7.84. The van der Waals surface area contributed by atoms with Crippen molar-refractivity contribution in [1.82, 2.24) is 10.3 Å². The molecule has 1 saturated carbocycles. The van der Waals surface area contributed by atoms with E-state index in [-0.39, 0.29) is 23.5 Å². The van der Waals surface area contributed by atoms with Crippen molar-refractivity contribution < 1.29 is 13.4 Å². The fourth-order valence-corrected chi connectivity index (χ4v) is 4.66. The molecule has 5 nitrogen and oxygen atoms in total. The molecule has 0 aliphatic heterocycles. The molecule has 1 aliphatic rings. The Bertz CT molecular complexity index is 806. The van der Waals surface area contributed by atoms with Crippen molar-refractivity contribution in [2.24, 2.45) is 0 Å². The molecule has 1 amide bonds. The quantitative estimate of drug-likeness (QED) is 0.701. The maximum absolute atomic E-state index is 12.5. The first kappa shape index (κ1) is 20.8. The van der Waals surface area contributed by atoms with Crippen LogP contribution in [0.25, 0.3) is 11.5 Å². The minimum Gasteiger partial charge on any atom is -0.441 e. The van der Waals surface area contributed by atoms with Crippen LogP contribution in [0.2, 0.25) is 0 Å². The molecular weight excluding hydrogens is 372 g/mol. The highest BCUT2D eigenvalue weighted by Gasteiger charge is 2.19. The molecule has 1 unspecified atom stereocenters. The van der Waals surface area contributed by atoms with Gasteiger partial charge in [0.1, 0.15) is 11.5 Å². The summed E-state index contributed by atoms with van der Waals surface area (Å²) in [6, 6.07) is 8.34. The van der Waals surface area contributed by atoms with E-state index in [9.17, 15) is 9.00 Å². The predicted molar refractivity (Wildman–Crippen MR) is 112 cm³/mol. The van der Waals surface area contributed by atoms with Gasteiger partial charge >= 0.3 is 0 Å². The van der Waals surface area contributed by atoms with Gasteiger partial charge in [-0.15, -0.1) is 0 Å². The van der Waals surface area contributed by atoms with Crippen LogP contribution >= 0.6 is 0 Å². The minimum absolute atomic E-state index is 0.0172. The van der Waals surface area contributed by atoms with Gasteiger partial charge in [0.2, 0.25) is 11.8 Å². The van der Waals surface area contributed by atoms with Gasteiger partial charge in [-0.05, 0) is 43.9 Å². The molecule has 0 spiro atoms. The molecule has 6 heteroatoms. The summed E-state index contributed by atoms with van der Waals surface area (Å²) in [4.78, 5) is 16.8. The van der Waals surface area contributed by atoms with Crippen LogP contribution in [0.3, 0.4) is 0 Å². The average Bonchev–Trinajstić information content (AvgIpc) is 2.87. The Morgan fingerprint density at radius 3 is 2.50 bits per heavy atom. The van der Waals surface area contributed by atoms with Gasteiger partial charge in [-0.2, -0.15) is 0 Å². The van der Waals surface area contributed by atoms with E-state index in [1.165, 1.54) is 18.4 Å². The third-order valence-corrected chi connectivity index (χ3v) is 6.49. The van der Waals surface area contributed by atoms with Crippen molar-refractivity contribution in [3.8, 4) is 11.5 Å². The van der Waals surface area contributed by atoms with E-state index < -0.39 is 10.8 Å². The van der Waals surface area contributed by atoms with Gasteiger partial charge in [-0.1, -0.05) is 44.7 Å². The van der Waals surface area contributed by atoms with E-state index in [1.807, 2.05) is 19.1 Å². The van der Waals surface area contributed by atoms with Gasteiger partial charge in [-0.25, -0.2) is 4.98 Å². The summed E-state index contributed by atoms with van der Waals surface area (Å²) in [5.74, 6) is 1.33. The summed E-state index contributed by atoms with van der Waals surface area (Å²) in [7, 11) is -1.30. The van der Waals surface area contributed by atoms with Crippen molar-refractivity contribution in [1.29, 1.82) is 0 Å². The molecule has 0 bridgehead atoms. The lowest BCUT2D eigenvalue weighted by Crippen LogP contribution is -2.37. The second kappa shape index (κ2) is 10.0. The highest BCUT2D eigenvalue weighted by Crippen LogP contribution is 2.23. The van der Waals surface area contributed by atoms with Gasteiger partial charge in [-0.3, -0.25) is 9.00 Å². The normalized spacial score (nSPS) is 16.5. The van der Waals surface area contributed by atoms with Gasteiger partial charge < -0.3 is 9.73 Å². The van der Waals surface area contributed by atoms with Crippen LogP contribution in [0, 0.1) is 6.92 Å². The van der Waals surface area contributed by atoms with Crippen LogP contribution in [0.15, 0.2) is 28.7 Å². The average molecular weight is 403 g/mol. The first-order chi connectivity index (χ1) is 13.5. The number of amides is 1. The van der Waals surface area contributed by atoms with Crippen molar-refractivity contribution in [2.75, 3.05) is 5.75 Å². The molecular formula is C22H30N2O3S. The number of oxazole rings is 1. The van der Waals surface area contributed by atoms with E-state index in [4.69, 9.17) is 4.42 Å². The number of nitrogens with zero attached hydrogens (tertiary/aromatic N) is 1. The van der Waals surface area contributed by atoms with Crippen molar-refractivity contribution in [3.63, 3.8) is 0 Å². The van der Waals surface area contributed by atoms with Crippen molar-refractivity contribution >= 4 is 16.7 Å². The van der Waals surface area contributed by atoms with E-state index in [1.54, 1.807) is 0 Å². The van der Waals surface area contributed by atoms with E-state index in [0.29, 0.717) is 17.3 Å². The fourth-order valence-electron chi connectivity index (χ4n) is 3.61. The molecule has 1 N–H and O–H groups in total. The van der Waals surface area contributed by atoms with Crippen LogP contribution < -0.4 is 5.32 Å². The van der Waals surface area contributed by atoms with Gasteiger partial charge in [0, 0.05) is 22.4 Å². The Labute approximate surface area is 169 Å². The molecule has 152 valence electrons. The Morgan fingerprint density at radius 1 is 1.18 bits per heavy atom. The largest absolute Gasteiger partial charge is 0.441 e. The maximum Gasteiger partial charge on any atom is 0.232 e. The smallest absolute Gasteiger partial charge is 0.232 e. The first-order valence-corrected chi connectivity index (χ1v) is 11.7. The number of aromatic nitrogens is 1. The van der Waals surface area contributed by atoms with Crippen LogP contribution in [-0.4, -0.2) is 26.9 Å². The lowest BCUT2D eigenvalue weighted by atomic mass is 10.1. The summed E-state index contributed by atoms with van der Waals surface area (Å²) in [5.41, 5.74) is 2.83. The molecule has 1 atom stereocenters. The molecule has 2 aromatic rings. The van der Waals surface area contributed by atoms with Crippen LogP contribution in [0.5, 0.6) is 0 Å². The second-order valence-electron chi connectivity index (χ2n) is 7.56. The zero-order valence-corrected chi connectivity index (χ0v) is 17.6. The summed E-state index contributed by atoms with van der Waals surface area (Å²) in [5, 5.41) is 3.06. The predicted octanol–water partition coefficient (Wildman–Crippen LogP) is 4.30. The molecule has 28 heavy (non-hydrogen) atoms. The number of carbonyl (C=O) groups is 1. The highest BCUT2D eigenvalue weighted by atomic mass is 32.2. The Morgan fingerprint density at radius 2 is 1.86 bits per heavy atom. The van der Waals surface area contributed by atoms with Gasteiger partial charge in [0.25, 0.3) is 0 Å². The van der Waals surface area contributed by atoms with E-state index >= 15 is 0 Å². The first-order valence-electron chi connectivity index (χ1n) is 10.2. The van der Waals surface area contributed by atoms with Crippen LogP contribution in [0.4, 0.5) is 0 Å². The molecule has 3 rings (SSSR count). The Balaban J connectivity index is 1.56. The summed E-state index contributed by atoms with van der Waals surface area (Å²) < 4.78 is 18.3. The summed E-state index contributed by atoms with van der Waals surface area (Å²) in [6.07, 6.45) is 7.85. The van der Waals surface area contributed by atoms with Gasteiger partial charge in [0.05, 0.1) is 11.4 Å². The second-order valence-corrected chi connectivity index (χ2v) is 9.01. The third kappa shape index (κ3) is 5.77. The third-order valence-electron chi connectivity index (χ3n) is 5.31. The number of nitrogens with one attached hydrogen (secondary N) is 1. The standard InChI is InChI=1S/C22H30N2O3S/c1-3-17-10-12-18(13-11-17)22-24-20(16(2)27-22)14-28(26)15-21(25)23-19-8-6-4-5-7-9-19/h10-13,19H,3-9,14-15H2,1-2H3,(H,23,25). The SMILES string of the molecule is CCc1ccc(-c2nc(CS(=O)CC(=O)NC3CCCCCC3)c(C)o2)cc1. The number of hydrogen-bond donors (Lipinski definition) is 1. The Hall–Kier alpha value is -1.95. The minimum atomic E-state index is -1.30. The molecule has 1 fully saturated rings. The van der Waals surface area contributed by atoms with Crippen LogP contribution in [-0.2, 0) is 27.8 Å². The molecule has 0 radical (unpaired) electrons. The number of rotatable bonds is 7. The number of aryl methyl sites for hydroxylation is 2. The fraction of sp³-hybridized carbons (Fsp3) is 0.545. The molecule has 0 saturated heterocycles. The summed E-state index contributed by atoms with van der Waals surface area (Å²) in [6.45, 7) is 3.94. The lowest BCUT2D eigenvalue weighted by Gasteiger charge is -2.15. The lowest BCUT2D eigenvalue weighted by molar-refractivity contribution is -0.119. The van der Waals surface area contributed by atoms with E-state index in [2.05, 4.69) is 29.4 Å². The molecule has 1 aliphatic carbocycles. The molecule has 1 heterocycles. The van der Waals surface area contributed by atoms with Crippen molar-refractivity contribution in [2.45, 2.75) is 70.6 Å². The van der Waals surface area contributed by atoms with Crippen molar-refractivity contribution in [3.05, 3.63) is 41.3 Å². The summed E-state index contributed by atoms with van der Waals surface area (Å²) >= 11 is 0. The zero-order chi connectivity index (χ0) is 19.9. The van der Waals surface area contributed by atoms with Crippen LogP contribution in [0.1, 0.15) is 62.5 Å². The Kier molecular flexibility index (Phi) is 7.43. The number of carbonyl (C=O) groups excluding carboxylic acids is 1. The molecule has 1 aromatic carbocycles. The maximum atomic E-state index is 12.5.